The lowest BCUT2D eigenvalue weighted by molar-refractivity contribution is 0.639. The molecule has 1 N–H and O–H groups in total. The number of nitrogens with one attached hydrogen (secondary N) is 1. The first-order valence-corrected chi connectivity index (χ1v) is 8.27. The van der Waals surface area contributed by atoms with Gasteiger partial charge < -0.3 is 5.32 Å². The smallest absolute Gasteiger partial charge is 0.0731 e. The molecule has 0 radical (unpaired) electrons. The van der Waals surface area contributed by atoms with E-state index in [-0.39, 0.29) is 6.04 Å². The predicted molar refractivity (Wildman–Crippen MR) is 88.5 cm³/mol. The average molecular weight is 359 g/mol. The molecule has 0 saturated carbocycles. The molecule has 19 heavy (non-hydrogen) atoms. The van der Waals surface area contributed by atoms with Gasteiger partial charge in [0.05, 0.1) is 9.83 Å². The normalized spacial score (nSPS) is 12.7. The minimum atomic E-state index is 0.232. The minimum Gasteiger partial charge on any atom is -0.306 e. The number of hydrogen-bond acceptors (Lipinski definition) is 2. The van der Waals surface area contributed by atoms with Gasteiger partial charge in [-0.3, -0.25) is 0 Å². The molecule has 0 amide bonds. The first kappa shape index (κ1) is 15.0. The second-order valence-electron chi connectivity index (χ2n) is 4.60. The number of halogens is 2. The Morgan fingerprint density at radius 2 is 2.00 bits per heavy atom. The molecule has 1 nitrogen and oxygen atoms in total. The maximum absolute atomic E-state index is 6.11. The Morgan fingerprint density at radius 1 is 1.26 bits per heavy atom. The highest BCUT2D eigenvalue weighted by molar-refractivity contribution is 9.11. The van der Waals surface area contributed by atoms with E-state index in [9.17, 15) is 0 Å². The fourth-order valence-electron chi connectivity index (χ4n) is 2.06. The van der Waals surface area contributed by atoms with Crippen molar-refractivity contribution in [1.82, 2.24) is 5.32 Å². The molecule has 4 heteroatoms. The van der Waals surface area contributed by atoms with Gasteiger partial charge in [0, 0.05) is 9.90 Å². The summed E-state index contributed by atoms with van der Waals surface area (Å²) in [6.45, 7) is 7.23. The molecule has 102 valence electrons. The highest BCUT2D eigenvalue weighted by Gasteiger charge is 2.17. The molecule has 0 aliphatic heterocycles. The molecule has 1 aromatic carbocycles. The molecule has 1 atom stereocenters. The van der Waals surface area contributed by atoms with E-state index in [1.807, 2.05) is 13.0 Å². The summed E-state index contributed by atoms with van der Waals surface area (Å²) in [7, 11) is 0. The Bertz CT molecular complexity index is 560. The van der Waals surface area contributed by atoms with Gasteiger partial charge in [-0.1, -0.05) is 30.7 Å². The molecule has 2 aromatic rings. The molecule has 1 heterocycles. The van der Waals surface area contributed by atoms with Crippen molar-refractivity contribution >= 4 is 38.9 Å². The van der Waals surface area contributed by atoms with Gasteiger partial charge in [0.2, 0.25) is 0 Å². The Labute approximate surface area is 132 Å². The molecule has 1 aromatic heterocycles. The number of aryl methyl sites for hydroxylation is 2. The van der Waals surface area contributed by atoms with Gasteiger partial charge in [0.15, 0.2) is 0 Å². The fraction of sp³-hybridized carbons (Fsp3) is 0.333. The van der Waals surface area contributed by atoms with Crippen molar-refractivity contribution in [2.24, 2.45) is 0 Å². The third-order valence-electron chi connectivity index (χ3n) is 3.08. The van der Waals surface area contributed by atoms with Crippen LogP contribution in [0.15, 0.2) is 28.1 Å². The highest BCUT2D eigenvalue weighted by Crippen LogP contribution is 2.35. The van der Waals surface area contributed by atoms with Crippen LogP contribution >= 0.6 is 38.9 Å². The van der Waals surface area contributed by atoms with Crippen molar-refractivity contribution in [2.75, 3.05) is 6.54 Å². The summed E-state index contributed by atoms with van der Waals surface area (Å²) >= 11 is 11.5. The minimum absolute atomic E-state index is 0.232. The average Bonchev–Trinajstić information content (AvgIpc) is 2.70. The monoisotopic (exact) mass is 357 g/mol. The third kappa shape index (κ3) is 3.40. The van der Waals surface area contributed by atoms with E-state index < -0.39 is 0 Å². The highest BCUT2D eigenvalue weighted by atomic mass is 79.9. The zero-order chi connectivity index (χ0) is 14.0. The second-order valence-corrected chi connectivity index (χ2v) is 7.41. The molecular formula is C15H17BrClNS. The SMILES string of the molecule is CCNC(c1ccc(Cl)c(C)c1)c1cc(C)c(Br)s1. The van der Waals surface area contributed by atoms with Crippen LogP contribution in [0.25, 0.3) is 0 Å². The van der Waals surface area contributed by atoms with Crippen molar-refractivity contribution in [3.8, 4) is 0 Å². The molecular weight excluding hydrogens is 342 g/mol. The van der Waals surface area contributed by atoms with Crippen LogP contribution in [0.2, 0.25) is 5.02 Å². The lowest BCUT2D eigenvalue weighted by Crippen LogP contribution is -2.21. The Morgan fingerprint density at radius 3 is 2.53 bits per heavy atom. The van der Waals surface area contributed by atoms with E-state index in [2.05, 4.69) is 53.3 Å². The largest absolute Gasteiger partial charge is 0.306 e. The second kappa shape index (κ2) is 6.40. The molecule has 1 unspecified atom stereocenters. The van der Waals surface area contributed by atoms with Crippen LogP contribution in [0, 0.1) is 13.8 Å². The summed E-state index contributed by atoms with van der Waals surface area (Å²) in [5.74, 6) is 0. The Hall–Kier alpha value is -0.350. The van der Waals surface area contributed by atoms with Gasteiger partial charge in [0.25, 0.3) is 0 Å². The van der Waals surface area contributed by atoms with Crippen LogP contribution in [0.1, 0.15) is 34.5 Å². The fourth-order valence-corrected chi connectivity index (χ4v) is 3.85. The van der Waals surface area contributed by atoms with E-state index in [0.717, 1.165) is 17.1 Å². The molecule has 0 aliphatic rings. The topological polar surface area (TPSA) is 12.0 Å². The maximum atomic E-state index is 6.11. The Balaban J connectivity index is 2.41. The molecule has 0 aliphatic carbocycles. The van der Waals surface area contributed by atoms with Crippen LogP contribution in [-0.4, -0.2) is 6.54 Å². The first-order chi connectivity index (χ1) is 9.02. The lowest BCUT2D eigenvalue weighted by Gasteiger charge is -2.18. The molecule has 0 fully saturated rings. The molecule has 0 bridgehead atoms. The zero-order valence-electron chi connectivity index (χ0n) is 11.3. The number of rotatable bonds is 4. The molecule has 0 spiro atoms. The summed E-state index contributed by atoms with van der Waals surface area (Å²) in [6, 6.07) is 8.72. The van der Waals surface area contributed by atoms with Crippen molar-refractivity contribution in [2.45, 2.75) is 26.8 Å². The van der Waals surface area contributed by atoms with E-state index in [4.69, 9.17) is 11.6 Å². The van der Waals surface area contributed by atoms with E-state index in [0.29, 0.717) is 0 Å². The van der Waals surface area contributed by atoms with Crippen molar-refractivity contribution in [3.63, 3.8) is 0 Å². The maximum Gasteiger partial charge on any atom is 0.0731 e. The van der Waals surface area contributed by atoms with Crippen LogP contribution in [0.4, 0.5) is 0 Å². The van der Waals surface area contributed by atoms with Gasteiger partial charge in [-0.15, -0.1) is 11.3 Å². The van der Waals surface area contributed by atoms with Gasteiger partial charge in [0.1, 0.15) is 0 Å². The molecule has 0 saturated heterocycles. The molecule has 2 rings (SSSR count). The van der Waals surface area contributed by atoms with E-state index >= 15 is 0 Å². The summed E-state index contributed by atoms with van der Waals surface area (Å²) in [5.41, 5.74) is 3.67. The summed E-state index contributed by atoms with van der Waals surface area (Å²) in [5, 5.41) is 4.37. The summed E-state index contributed by atoms with van der Waals surface area (Å²) in [6.07, 6.45) is 0. The van der Waals surface area contributed by atoms with Crippen LogP contribution in [0.5, 0.6) is 0 Å². The number of hydrogen-bond donors (Lipinski definition) is 1. The predicted octanol–water partition coefficient (Wildman–Crippen LogP) is 5.48. The standard InChI is InChI=1S/C15H17BrClNS/c1-4-18-14(13-8-10(3)15(16)19-13)11-5-6-12(17)9(2)7-11/h5-8,14,18H,4H2,1-3H3. The van der Waals surface area contributed by atoms with Gasteiger partial charge in [-0.05, 0) is 65.1 Å². The number of thiophene rings is 1. The summed E-state index contributed by atoms with van der Waals surface area (Å²) < 4.78 is 1.20. The summed E-state index contributed by atoms with van der Waals surface area (Å²) in [4.78, 5) is 1.33. The van der Waals surface area contributed by atoms with Crippen LogP contribution in [-0.2, 0) is 0 Å². The van der Waals surface area contributed by atoms with Gasteiger partial charge in [-0.25, -0.2) is 0 Å². The van der Waals surface area contributed by atoms with Gasteiger partial charge in [-0.2, -0.15) is 0 Å². The van der Waals surface area contributed by atoms with Crippen molar-refractivity contribution in [3.05, 3.63) is 54.6 Å². The van der Waals surface area contributed by atoms with E-state index in [1.54, 1.807) is 11.3 Å². The number of benzene rings is 1. The van der Waals surface area contributed by atoms with Crippen molar-refractivity contribution in [1.29, 1.82) is 0 Å². The van der Waals surface area contributed by atoms with Gasteiger partial charge >= 0.3 is 0 Å². The first-order valence-electron chi connectivity index (χ1n) is 6.28. The van der Waals surface area contributed by atoms with E-state index in [1.165, 1.54) is 19.8 Å². The quantitative estimate of drug-likeness (QED) is 0.763. The third-order valence-corrected chi connectivity index (χ3v) is 5.71. The van der Waals surface area contributed by atoms with Crippen LogP contribution < -0.4 is 5.32 Å². The zero-order valence-corrected chi connectivity index (χ0v) is 14.4. The Kier molecular flexibility index (Phi) is 5.07. The van der Waals surface area contributed by atoms with Crippen LogP contribution in [0.3, 0.4) is 0 Å². The lowest BCUT2D eigenvalue weighted by atomic mass is 10.0. The van der Waals surface area contributed by atoms with Crippen molar-refractivity contribution < 1.29 is 0 Å².